The number of hydrogen-bond acceptors (Lipinski definition) is 1. The minimum atomic E-state index is -0.273. The summed E-state index contributed by atoms with van der Waals surface area (Å²) in [6.45, 7) is 2.04. The molecule has 0 fully saturated rings. The Balaban J connectivity index is 2.32. The Morgan fingerprint density at radius 2 is 2.05 bits per heavy atom. The minimum Gasteiger partial charge on any atom is -0.295 e. The predicted octanol–water partition coefficient (Wildman–Crippen LogP) is 5.02. The second kappa shape index (κ2) is 5.78. The quantitative estimate of drug-likeness (QED) is 0.595. The first-order valence-corrected chi connectivity index (χ1v) is 7.92. The summed E-state index contributed by atoms with van der Waals surface area (Å²) in [6.07, 6.45) is 0.652. The van der Waals surface area contributed by atoms with Crippen LogP contribution >= 0.6 is 27.5 Å². The number of aryl methyl sites for hydroxylation is 2. The molecule has 0 aliphatic rings. The van der Waals surface area contributed by atoms with Crippen molar-refractivity contribution in [2.24, 2.45) is 0 Å². The maximum Gasteiger partial charge on any atom is 0.124 e. The maximum absolute atomic E-state index is 13.3. The molecular formula is C16H13BrClFN2. The van der Waals surface area contributed by atoms with Crippen molar-refractivity contribution >= 4 is 38.6 Å². The second-order valence-corrected chi connectivity index (χ2v) is 6.12. The Morgan fingerprint density at radius 3 is 2.76 bits per heavy atom. The molecule has 0 aliphatic heterocycles. The number of fused-ring (bicyclic) bond motifs is 1. The highest BCUT2D eigenvalue weighted by Crippen LogP contribution is 2.28. The molecule has 3 rings (SSSR count). The maximum atomic E-state index is 13.3. The Bertz CT molecular complexity index is 813. The van der Waals surface area contributed by atoms with Crippen LogP contribution in [0.2, 0.25) is 0 Å². The molecule has 2 nitrogen and oxygen atoms in total. The zero-order valence-corrected chi connectivity index (χ0v) is 13.7. The van der Waals surface area contributed by atoms with Gasteiger partial charge in [0.05, 0.1) is 16.7 Å². The molecule has 21 heavy (non-hydrogen) atoms. The number of aromatic nitrogens is 2. The van der Waals surface area contributed by atoms with Crippen molar-refractivity contribution in [1.29, 1.82) is 0 Å². The molecule has 0 atom stereocenters. The summed E-state index contributed by atoms with van der Waals surface area (Å²) in [4.78, 5) is 4.65. The van der Waals surface area contributed by atoms with Gasteiger partial charge in [-0.05, 0) is 58.7 Å². The third kappa shape index (κ3) is 2.70. The van der Waals surface area contributed by atoms with E-state index in [0.717, 1.165) is 28.1 Å². The van der Waals surface area contributed by atoms with E-state index in [2.05, 4.69) is 27.0 Å². The zero-order chi connectivity index (χ0) is 15.0. The summed E-state index contributed by atoms with van der Waals surface area (Å²) >= 11 is 9.33. The van der Waals surface area contributed by atoms with Gasteiger partial charge in [-0.3, -0.25) is 4.57 Å². The highest BCUT2D eigenvalue weighted by Gasteiger charge is 2.14. The lowest BCUT2D eigenvalue weighted by Gasteiger charge is -2.11. The lowest BCUT2D eigenvalue weighted by atomic mass is 10.2. The van der Waals surface area contributed by atoms with Crippen molar-refractivity contribution in [2.45, 2.75) is 13.3 Å². The van der Waals surface area contributed by atoms with Gasteiger partial charge in [0.2, 0.25) is 0 Å². The smallest absolute Gasteiger partial charge is 0.124 e. The van der Waals surface area contributed by atoms with Crippen molar-refractivity contribution in [2.75, 3.05) is 5.88 Å². The third-order valence-electron chi connectivity index (χ3n) is 3.35. The lowest BCUT2D eigenvalue weighted by Crippen LogP contribution is -2.03. The summed E-state index contributed by atoms with van der Waals surface area (Å²) in [6, 6.07) is 10.8. The molecule has 0 saturated heterocycles. The minimum absolute atomic E-state index is 0.273. The fraction of sp³-hybridized carbons (Fsp3) is 0.188. The topological polar surface area (TPSA) is 17.8 Å². The average molecular weight is 368 g/mol. The monoisotopic (exact) mass is 366 g/mol. The Kier molecular flexibility index (Phi) is 4.00. The van der Waals surface area contributed by atoms with Crippen LogP contribution in [-0.4, -0.2) is 15.4 Å². The van der Waals surface area contributed by atoms with Crippen LogP contribution in [0.5, 0.6) is 0 Å². The standard InChI is InChI=1S/C16H13BrClFN2/c1-10-2-4-13-15(8-10)21(16(20-13)6-7-18)14-5-3-11(19)9-12(14)17/h2-5,8-9H,6-7H2,1H3. The molecule has 0 amide bonds. The van der Waals surface area contributed by atoms with Crippen LogP contribution in [0, 0.1) is 12.7 Å². The summed E-state index contributed by atoms with van der Waals surface area (Å²) in [5.74, 6) is 1.09. The molecule has 2 aromatic carbocycles. The van der Waals surface area contributed by atoms with Gasteiger partial charge >= 0.3 is 0 Å². The van der Waals surface area contributed by atoms with Crippen molar-refractivity contribution in [1.82, 2.24) is 9.55 Å². The van der Waals surface area contributed by atoms with Crippen molar-refractivity contribution < 1.29 is 4.39 Å². The van der Waals surface area contributed by atoms with Crippen LogP contribution in [0.15, 0.2) is 40.9 Å². The van der Waals surface area contributed by atoms with Crippen LogP contribution in [0.3, 0.4) is 0 Å². The van der Waals surface area contributed by atoms with E-state index in [1.54, 1.807) is 6.07 Å². The molecule has 0 N–H and O–H groups in total. The fourth-order valence-corrected chi connectivity index (χ4v) is 3.12. The van der Waals surface area contributed by atoms with Gasteiger partial charge in [-0.25, -0.2) is 9.37 Å². The first-order chi connectivity index (χ1) is 10.1. The molecular weight excluding hydrogens is 355 g/mol. The first-order valence-electron chi connectivity index (χ1n) is 6.59. The molecule has 0 saturated carbocycles. The Labute approximate surface area is 135 Å². The molecule has 108 valence electrons. The van der Waals surface area contributed by atoms with Gasteiger partial charge in [0.15, 0.2) is 0 Å². The summed E-state index contributed by atoms with van der Waals surface area (Å²) in [7, 11) is 0. The number of alkyl halides is 1. The van der Waals surface area contributed by atoms with E-state index in [9.17, 15) is 4.39 Å². The van der Waals surface area contributed by atoms with E-state index >= 15 is 0 Å². The van der Waals surface area contributed by atoms with Crippen molar-refractivity contribution in [3.63, 3.8) is 0 Å². The van der Waals surface area contributed by atoms with Crippen molar-refractivity contribution in [3.05, 3.63) is 58.1 Å². The van der Waals surface area contributed by atoms with Crippen molar-refractivity contribution in [3.8, 4) is 5.69 Å². The highest BCUT2D eigenvalue weighted by molar-refractivity contribution is 9.10. The molecule has 0 aliphatic carbocycles. The predicted molar refractivity (Wildman–Crippen MR) is 87.9 cm³/mol. The number of rotatable bonds is 3. The van der Waals surface area contributed by atoms with E-state index in [4.69, 9.17) is 11.6 Å². The van der Waals surface area contributed by atoms with Gasteiger partial charge < -0.3 is 0 Å². The van der Waals surface area contributed by atoms with Crippen LogP contribution in [0.25, 0.3) is 16.7 Å². The SMILES string of the molecule is Cc1ccc2nc(CCCl)n(-c3ccc(F)cc3Br)c2c1. The van der Waals surface area contributed by atoms with E-state index in [-0.39, 0.29) is 5.82 Å². The van der Waals surface area contributed by atoms with Gasteiger partial charge in [0, 0.05) is 16.8 Å². The third-order valence-corrected chi connectivity index (χ3v) is 4.17. The number of nitrogens with zero attached hydrogens (tertiary/aromatic N) is 2. The first kappa shape index (κ1) is 14.5. The molecule has 0 unspecified atom stereocenters. The average Bonchev–Trinajstić information content (AvgIpc) is 2.77. The Hall–Kier alpha value is -1.39. The van der Waals surface area contributed by atoms with Crippen LogP contribution in [0.1, 0.15) is 11.4 Å². The van der Waals surface area contributed by atoms with Gasteiger partial charge in [0.1, 0.15) is 11.6 Å². The fourth-order valence-electron chi connectivity index (χ4n) is 2.42. The van der Waals surface area contributed by atoms with E-state index in [1.165, 1.54) is 12.1 Å². The molecule has 1 heterocycles. The summed E-state index contributed by atoms with van der Waals surface area (Å²) in [5, 5.41) is 0. The Morgan fingerprint density at radius 1 is 1.24 bits per heavy atom. The molecule has 5 heteroatoms. The van der Waals surface area contributed by atoms with Gasteiger partial charge in [-0.2, -0.15) is 0 Å². The summed E-state index contributed by atoms with van der Waals surface area (Å²) in [5.41, 5.74) is 3.93. The van der Waals surface area contributed by atoms with E-state index in [0.29, 0.717) is 16.8 Å². The molecule has 0 bridgehead atoms. The highest BCUT2D eigenvalue weighted by atomic mass is 79.9. The van der Waals surface area contributed by atoms with Crippen LogP contribution < -0.4 is 0 Å². The number of benzene rings is 2. The second-order valence-electron chi connectivity index (χ2n) is 4.89. The van der Waals surface area contributed by atoms with Gasteiger partial charge in [0.25, 0.3) is 0 Å². The van der Waals surface area contributed by atoms with E-state index in [1.807, 2.05) is 23.6 Å². The normalized spacial score (nSPS) is 11.2. The van der Waals surface area contributed by atoms with Crippen LogP contribution in [0.4, 0.5) is 4.39 Å². The largest absolute Gasteiger partial charge is 0.295 e. The summed E-state index contributed by atoms with van der Waals surface area (Å²) < 4.78 is 16.1. The van der Waals surface area contributed by atoms with E-state index < -0.39 is 0 Å². The zero-order valence-electron chi connectivity index (χ0n) is 11.4. The lowest BCUT2D eigenvalue weighted by molar-refractivity contribution is 0.626. The number of hydrogen-bond donors (Lipinski definition) is 0. The van der Waals surface area contributed by atoms with Crippen LogP contribution in [-0.2, 0) is 6.42 Å². The number of imidazole rings is 1. The molecule has 3 aromatic rings. The molecule has 0 spiro atoms. The molecule has 1 aromatic heterocycles. The van der Waals surface area contributed by atoms with Gasteiger partial charge in [-0.1, -0.05) is 6.07 Å². The molecule has 0 radical (unpaired) electrons. The van der Waals surface area contributed by atoms with Gasteiger partial charge in [-0.15, -0.1) is 11.6 Å². The number of halogens is 3.